The predicted octanol–water partition coefficient (Wildman–Crippen LogP) is 3.91. The molecule has 4 aromatic rings. The normalized spacial score (nSPS) is 11.3. The molecule has 0 aliphatic rings. The Hall–Kier alpha value is -3.18. The highest BCUT2D eigenvalue weighted by Gasteiger charge is 2.15. The molecule has 4 rings (SSSR count). The summed E-state index contributed by atoms with van der Waals surface area (Å²) in [5.74, 6) is 0. The minimum atomic E-state index is -0.199. The van der Waals surface area contributed by atoms with Gasteiger partial charge in [0, 0.05) is 18.2 Å². The third-order valence-electron chi connectivity index (χ3n) is 4.28. The number of H-pyrrole nitrogens is 1. The molecule has 1 N–H and O–H groups in total. The van der Waals surface area contributed by atoms with Crippen LogP contribution in [0.5, 0.6) is 0 Å². The van der Waals surface area contributed by atoms with Crippen molar-refractivity contribution in [2.45, 2.75) is 6.54 Å². The van der Waals surface area contributed by atoms with Gasteiger partial charge in [-0.2, -0.15) is 0 Å². The number of hydrogen-bond donors (Lipinski definition) is 1. The Kier molecular flexibility index (Phi) is 4.14. The van der Waals surface area contributed by atoms with Crippen molar-refractivity contribution in [2.75, 3.05) is 14.1 Å². The summed E-state index contributed by atoms with van der Waals surface area (Å²) in [6, 6.07) is 19.5. The smallest absolute Gasteiger partial charge is 0.261 e. The Labute approximate surface area is 150 Å². The number of nitrogens with zero attached hydrogens (tertiary/aromatic N) is 2. The lowest BCUT2D eigenvalue weighted by molar-refractivity contribution is 0.402. The summed E-state index contributed by atoms with van der Waals surface area (Å²) in [7, 11) is 4.07. The number of nitrogens with one attached hydrogen (secondary N) is 1. The van der Waals surface area contributed by atoms with Crippen molar-refractivity contribution in [1.29, 1.82) is 0 Å². The van der Waals surface area contributed by atoms with Gasteiger partial charge in [0.2, 0.25) is 0 Å². The van der Waals surface area contributed by atoms with Crippen LogP contribution >= 0.6 is 0 Å². The summed E-state index contributed by atoms with van der Waals surface area (Å²) < 4.78 is 5.45. The van der Waals surface area contributed by atoms with Crippen LogP contribution in [-0.2, 0) is 6.54 Å². The van der Waals surface area contributed by atoms with Crippen molar-refractivity contribution in [3.05, 3.63) is 76.6 Å². The number of benzene rings is 2. The van der Waals surface area contributed by atoms with Gasteiger partial charge in [-0.15, -0.1) is 0 Å². The number of aromatic nitrogens is 2. The molecule has 0 bridgehead atoms. The van der Waals surface area contributed by atoms with Gasteiger partial charge in [-0.25, -0.2) is 0 Å². The first-order chi connectivity index (χ1) is 12.6. The number of fused-ring (bicyclic) bond motifs is 1. The monoisotopic (exact) mass is 345 g/mol. The Morgan fingerprint density at radius 1 is 1.00 bits per heavy atom. The van der Waals surface area contributed by atoms with E-state index in [-0.39, 0.29) is 5.56 Å². The number of aromatic amines is 1. The summed E-state index contributed by atoms with van der Waals surface area (Å²) in [6.45, 7) is 0.873. The maximum Gasteiger partial charge on any atom is 0.261 e. The first-order valence-electron chi connectivity index (χ1n) is 8.44. The zero-order valence-corrected chi connectivity index (χ0v) is 14.7. The zero-order valence-electron chi connectivity index (χ0n) is 14.7. The van der Waals surface area contributed by atoms with E-state index in [2.05, 4.69) is 27.2 Å². The van der Waals surface area contributed by atoms with Gasteiger partial charge < -0.3 is 14.4 Å². The molecule has 0 radical (unpaired) electrons. The molecular formula is C21H19N3O2. The molecule has 5 nitrogen and oxygen atoms in total. The highest BCUT2D eigenvalue weighted by atomic mass is 16.5. The fraction of sp³-hybridized carbons (Fsp3) is 0.143. The van der Waals surface area contributed by atoms with E-state index >= 15 is 0 Å². The predicted molar refractivity (Wildman–Crippen MR) is 103 cm³/mol. The fourth-order valence-corrected chi connectivity index (χ4v) is 3.08. The third kappa shape index (κ3) is 3.05. The van der Waals surface area contributed by atoms with Gasteiger partial charge in [0.05, 0.1) is 5.69 Å². The number of pyridine rings is 1. The summed E-state index contributed by atoms with van der Waals surface area (Å²) in [6.07, 6.45) is 0. The van der Waals surface area contributed by atoms with Crippen LogP contribution in [-0.4, -0.2) is 29.1 Å². The van der Waals surface area contributed by atoms with E-state index in [1.807, 2.05) is 62.6 Å². The summed E-state index contributed by atoms with van der Waals surface area (Å²) >= 11 is 0. The molecule has 0 amide bonds. The van der Waals surface area contributed by atoms with Crippen molar-refractivity contribution in [1.82, 2.24) is 15.0 Å². The maximum atomic E-state index is 12.7. The third-order valence-corrected chi connectivity index (χ3v) is 4.28. The van der Waals surface area contributed by atoms with E-state index in [1.54, 1.807) is 0 Å². The molecule has 26 heavy (non-hydrogen) atoms. The molecule has 0 unspecified atom stereocenters. The number of hydrogen-bond acceptors (Lipinski definition) is 4. The van der Waals surface area contributed by atoms with Crippen molar-refractivity contribution >= 4 is 11.0 Å². The average molecular weight is 345 g/mol. The van der Waals surface area contributed by atoms with Crippen molar-refractivity contribution < 1.29 is 4.52 Å². The lowest BCUT2D eigenvalue weighted by Gasteiger charge is -2.10. The largest absolute Gasteiger partial charge is 0.355 e. The van der Waals surface area contributed by atoms with Crippen molar-refractivity contribution in [3.63, 3.8) is 0 Å². The molecule has 0 aliphatic heterocycles. The first-order valence-corrected chi connectivity index (χ1v) is 8.44. The zero-order chi connectivity index (χ0) is 18.1. The quantitative estimate of drug-likeness (QED) is 0.609. The van der Waals surface area contributed by atoms with Crippen LogP contribution < -0.4 is 5.56 Å². The Morgan fingerprint density at radius 3 is 2.42 bits per heavy atom. The van der Waals surface area contributed by atoms with Crippen molar-refractivity contribution in [2.24, 2.45) is 0 Å². The standard InChI is InChI=1S/C21H19N3O2/c1-24(2)13-14-8-10-15(11-9-14)17-12-18-19(21(25)22-17)20(23-26-18)16-6-4-3-5-7-16/h3-12H,13H2,1-2H3,(H,22,25). The van der Waals surface area contributed by atoms with Gasteiger partial charge in [0.15, 0.2) is 5.58 Å². The molecule has 2 heterocycles. The van der Waals surface area contributed by atoms with E-state index in [0.717, 1.165) is 23.4 Å². The van der Waals surface area contributed by atoms with Gasteiger partial charge in [-0.05, 0) is 25.2 Å². The van der Waals surface area contributed by atoms with E-state index in [0.29, 0.717) is 16.7 Å². The minimum absolute atomic E-state index is 0.199. The fourth-order valence-electron chi connectivity index (χ4n) is 3.08. The molecule has 0 fully saturated rings. The first kappa shape index (κ1) is 16.3. The van der Waals surface area contributed by atoms with Crippen LogP contribution in [0.4, 0.5) is 0 Å². The van der Waals surface area contributed by atoms with Gasteiger partial charge in [0.1, 0.15) is 11.1 Å². The molecule has 2 aromatic heterocycles. The summed E-state index contributed by atoms with van der Waals surface area (Å²) in [4.78, 5) is 17.7. The Bertz CT molecular complexity index is 1090. The van der Waals surface area contributed by atoms with Crippen LogP contribution in [0.1, 0.15) is 5.56 Å². The lowest BCUT2D eigenvalue weighted by atomic mass is 10.1. The topological polar surface area (TPSA) is 62.1 Å². The second-order valence-corrected chi connectivity index (χ2v) is 6.58. The molecule has 0 spiro atoms. The molecule has 5 heteroatoms. The molecule has 2 aromatic carbocycles. The molecule has 0 saturated heterocycles. The van der Waals surface area contributed by atoms with E-state index in [4.69, 9.17) is 4.52 Å². The maximum absolute atomic E-state index is 12.7. The minimum Gasteiger partial charge on any atom is -0.355 e. The molecule has 130 valence electrons. The van der Waals surface area contributed by atoms with E-state index in [1.165, 1.54) is 5.56 Å². The van der Waals surface area contributed by atoms with E-state index < -0.39 is 0 Å². The highest BCUT2D eigenvalue weighted by Crippen LogP contribution is 2.27. The van der Waals surface area contributed by atoms with Gasteiger partial charge in [-0.3, -0.25) is 4.79 Å². The van der Waals surface area contributed by atoms with Crippen LogP contribution in [0.25, 0.3) is 33.5 Å². The Morgan fingerprint density at radius 2 is 1.73 bits per heavy atom. The molecule has 0 saturated carbocycles. The Balaban J connectivity index is 1.76. The second kappa shape index (κ2) is 6.61. The van der Waals surface area contributed by atoms with Crippen LogP contribution in [0.15, 0.2) is 70.0 Å². The molecule has 0 aliphatic carbocycles. The second-order valence-electron chi connectivity index (χ2n) is 6.58. The van der Waals surface area contributed by atoms with Crippen molar-refractivity contribution in [3.8, 4) is 22.5 Å². The van der Waals surface area contributed by atoms with Crippen LogP contribution in [0, 0.1) is 0 Å². The van der Waals surface area contributed by atoms with Gasteiger partial charge in [0.25, 0.3) is 5.56 Å². The molecular weight excluding hydrogens is 326 g/mol. The van der Waals surface area contributed by atoms with E-state index in [9.17, 15) is 4.79 Å². The highest BCUT2D eigenvalue weighted by molar-refractivity contribution is 5.92. The van der Waals surface area contributed by atoms with Gasteiger partial charge >= 0.3 is 0 Å². The average Bonchev–Trinajstić information content (AvgIpc) is 3.07. The summed E-state index contributed by atoms with van der Waals surface area (Å²) in [5.41, 5.74) is 4.58. The number of rotatable bonds is 4. The lowest BCUT2D eigenvalue weighted by Crippen LogP contribution is -2.10. The SMILES string of the molecule is CN(C)Cc1ccc(-c2cc3onc(-c4ccccc4)c3c(=O)[nH]2)cc1. The molecule has 0 atom stereocenters. The van der Waals surface area contributed by atoms with Crippen LogP contribution in [0.2, 0.25) is 0 Å². The summed E-state index contributed by atoms with van der Waals surface area (Å²) in [5, 5.41) is 4.58. The van der Waals surface area contributed by atoms with Gasteiger partial charge in [-0.1, -0.05) is 59.8 Å². The van der Waals surface area contributed by atoms with Crippen LogP contribution in [0.3, 0.4) is 0 Å².